The highest BCUT2D eigenvalue weighted by Gasteiger charge is 2.11. The second-order valence-corrected chi connectivity index (χ2v) is 5.50. The van der Waals surface area contributed by atoms with Crippen LogP contribution in [0.1, 0.15) is 61.8 Å². The molecule has 0 heteroatoms. The summed E-state index contributed by atoms with van der Waals surface area (Å²) in [5.41, 5.74) is 5.96. The van der Waals surface area contributed by atoms with Crippen LogP contribution < -0.4 is 0 Å². The van der Waals surface area contributed by atoms with E-state index < -0.39 is 0 Å². The Morgan fingerprint density at radius 1 is 1.00 bits per heavy atom. The van der Waals surface area contributed by atoms with Gasteiger partial charge in [0.15, 0.2) is 0 Å². The third-order valence-corrected chi connectivity index (χ3v) is 3.88. The highest BCUT2D eigenvalue weighted by molar-refractivity contribution is 5.37. The first-order valence-electron chi connectivity index (χ1n) is 7.15. The number of unbranched alkanes of at least 4 members (excludes halogenated alkanes) is 1. The lowest BCUT2D eigenvalue weighted by atomic mass is 9.87. The van der Waals surface area contributed by atoms with E-state index in [1.165, 1.54) is 48.8 Å². The molecule has 96 valence electrons. The highest BCUT2D eigenvalue weighted by atomic mass is 14.2. The molecular weight excluding hydrogens is 204 g/mol. The molecule has 1 aromatic rings. The number of hydrogen-bond acceptors (Lipinski definition) is 0. The van der Waals surface area contributed by atoms with Gasteiger partial charge in [-0.1, -0.05) is 57.2 Å². The van der Waals surface area contributed by atoms with Gasteiger partial charge in [-0.2, -0.15) is 0 Å². The quantitative estimate of drug-likeness (QED) is 0.618. The van der Waals surface area contributed by atoms with Crippen molar-refractivity contribution < 1.29 is 0 Å². The summed E-state index contributed by atoms with van der Waals surface area (Å²) in [4.78, 5) is 0. The average molecular weight is 232 g/mol. The lowest BCUT2D eigenvalue weighted by Gasteiger charge is -2.18. The molecule has 1 unspecified atom stereocenters. The normalized spacial score (nSPS) is 12.8. The van der Waals surface area contributed by atoms with Crippen molar-refractivity contribution >= 4 is 0 Å². The highest BCUT2D eigenvalue weighted by Crippen LogP contribution is 2.24. The molecule has 0 N–H and O–H groups in total. The fraction of sp³-hybridized carbons (Fsp3) is 0.647. The van der Waals surface area contributed by atoms with Crippen molar-refractivity contribution in [3.05, 3.63) is 34.4 Å². The topological polar surface area (TPSA) is 0 Å². The molecule has 0 spiro atoms. The lowest BCUT2D eigenvalue weighted by molar-refractivity contribution is 0.447. The molecule has 0 amide bonds. The molecule has 0 nitrogen and oxygen atoms in total. The van der Waals surface area contributed by atoms with Gasteiger partial charge < -0.3 is 0 Å². The summed E-state index contributed by atoms with van der Waals surface area (Å²) >= 11 is 0. The summed E-state index contributed by atoms with van der Waals surface area (Å²) in [6.45, 7) is 11.3. The maximum absolute atomic E-state index is 2.33. The van der Waals surface area contributed by atoms with Gasteiger partial charge in [0.2, 0.25) is 0 Å². The van der Waals surface area contributed by atoms with Gasteiger partial charge in [-0.05, 0) is 49.8 Å². The van der Waals surface area contributed by atoms with Crippen molar-refractivity contribution in [3.63, 3.8) is 0 Å². The van der Waals surface area contributed by atoms with Crippen LogP contribution in [-0.2, 0) is 6.42 Å². The minimum atomic E-state index is 0.870. The molecule has 1 atom stereocenters. The van der Waals surface area contributed by atoms with Gasteiger partial charge in [0.25, 0.3) is 0 Å². The van der Waals surface area contributed by atoms with E-state index in [0.717, 1.165) is 5.92 Å². The van der Waals surface area contributed by atoms with Crippen LogP contribution in [0.3, 0.4) is 0 Å². The second-order valence-electron chi connectivity index (χ2n) is 5.50. The van der Waals surface area contributed by atoms with E-state index in [-0.39, 0.29) is 0 Å². The molecule has 0 aliphatic rings. The van der Waals surface area contributed by atoms with Gasteiger partial charge in [0, 0.05) is 0 Å². The van der Waals surface area contributed by atoms with Crippen molar-refractivity contribution in [2.24, 2.45) is 5.92 Å². The van der Waals surface area contributed by atoms with Gasteiger partial charge in [-0.3, -0.25) is 0 Å². The Hall–Kier alpha value is -0.780. The number of aryl methyl sites for hydroxylation is 3. The molecule has 17 heavy (non-hydrogen) atoms. The molecule has 0 radical (unpaired) electrons. The summed E-state index contributed by atoms with van der Waals surface area (Å²) in [6, 6.07) is 4.66. The van der Waals surface area contributed by atoms with Crippen molar-refractivity contribution in [1.29, 1.82) is 0 Å². The maximum atomic E-state index is 2.33. The van der Waals surface area contributed by atoms with E-state index in [1.54, 1.807) is 5.56 Å². The van der Waals surface area contributed by atoms with Gasteiger partial charge in [0.05, 0.1) is 0 Å². The molecule has 0 saturated heterocycles. The summed E-state index contributed by atoms with van der Waals surface area (Å²) in [5, 5.41) is 0. The van der Waals surface area contributed by atoms with Crippen LogP contribution in [0.15, 0.2) is 12.1 Å². The van der Waals surface area contributed by atoms with Crippen molar-refractivity contribution in [2.45, 2.75) is 66.7 Å². The zero-order chi connectivity index (χ0) is 12.8. The predicted molar refractivity (Wildman–Crippen MR) is 77.7 cm³/mol. The minimum absolute atomic E-state index is 0.870. The maximum Gasteiger partial charge on any atom is -0.0245 e. The Morgan fingerprint density at radius 2 is 1.59 bits per heavy atom. The van der Waals surface area contributed by atoms with Crippen LogP contribution in [0.4, 0.5) is 0 Å². The van der Waals surface area contributed by atoms with Crippen molar-refractivity contribution in [1.82, 2.24) is 0 Å². The molecular formula is C17H28. The van der Waals surface area contributed by atoms with E-state index in [2.05, 4.69) is 46.8 Å². The Bertz CT molecular complexity index is 326. The van der Waals surface area contributed by atoms with E-state index in [1.807, 2.05) is 0 Å². The Balaban J connectivity index is 2.78. The first-order chi connectivity index (χ1) is 8.08. The molecule has 0 aromatic heterocycles. The van der Waals surface area contributed by atoms with Crippen LogP contribution in [0.5, 0.6) is 0 Å². The molecule has 0 aliphatic heterocycles. The molecule has 1 aromatic carbocycles. The summed E-state index contributed by atoms with van der Waals surface area (Å²) in [7, 11) is 0. The van der Waals surface area contributed by atoms with Crippen molar-refractivity contribution in [3.8, 4) is 0 Å². The first kappa shape index (κ1) is 14.3. The molecule has 0 aliphatic carbocycles. The van der Waals surface area contributed by atoms with Crippen molar-refractivity contribution in [2.75, 3.05) is 0 Å². The first-order valence-corrected chi connectivity index (χ1v) is 7.15. The minimum Gasteiger partial charge on any atom is -0.0654 e. The Kier molecular flexibility index (Phi) is 5.74. The standard InChI is InChI=1S/C17H28/c1-6-8-9-16(7-2)12-17-14(4)10-13(3)11-15(17)5/h10-11,16H,6-9,12H2,1-5H3. The van der Waals surface area contributed by atoms with E-state index in [9.17, 15) is 0 Å². The zero-order valence-electron chi connectivity index (χ0n) is 12.3. The summed E-state index contributed by atoms with van der Waals surface area (Å²) in [6.07, 6.45) is 6.67. The number of rotatable bonds is 6. The third-order valence-electron chi connectivity index (χ3n) is 3.88. The summed E-state index contributed by atoms with van der Waals surface area (Å²) in [5.74, 6) is 0.870. The van der Waals surface area contributed by atoms with Crippen LogP contribution in [0.25, 0.3) is 0 Å². The lowest BCUT2D eigenvalue weighted by Crippen LogP contribution is -2.06. The number of hydrogen-bond donors (Lipinski definition) is 0. The van der Waals surface area contributed by atoms with Gasteiger partial charge in [-0.25, -0.2) is 0 Å². The van der Waals surface area contributed by atoms with Crippen LogP contribution in [0, 0.1) is 26.7 Å². The fourth-order valence-electron chi connectivity index (χ4n) is 2.76. The molecule has 0 fully saturated rings. The Labute approximate surface area is 107 Å². The smallest absolute Gasteiger partial charge is 0.0245 e. The third kappa shape index (κ3) is 4.18. The summed E-state index contributed by atoms with van der Waals surface area (Å²) < 4.78 is 0. The van der Waals surface area contributed by atoms with E-state index in [0.29, 0.717) is 0 Å². The predicted octanol–water partition coefficient (Wildman–Crippen LogP) is 5.37. The zero-order valence-corrected chi connectivity index (χ0v) is 12.3. The molecule has 0 saturated carbocycles. The molecule has 0 bridgehead atoms. The van der Waals surface area contributed by atoms with E-state index in [4.69, 9.17) is 0 Å². The molecule has 0 heterocycles. The van der Waals surface area contributed by atoms with Gasteiger partial charge in [-0.15, -0.1) is 0 Å². The van der Waals surface area contributed by atoms with Gasteiger partial charge in [0.1, 0.15) is 0 Å². The van der Waals surface area contributed by atoms with Crippen LogP contribution in [0.2, 0.25) is 0 Å². The largest absolute Gasteiger partial charge is 0.0654 e. The number of benzene rings is 1. The van der Waals surface area contributed by atoms with Crippen LogP contribution in [-0.4, -0.2) is 0 Å². The average Bonchev–Trinajstić information content (AvgIpc) is 2.27. The van der Waals surface area contributed by atoms with E-state index >= 15 is 0 Å². The van der Waals surface area contributed by atoms with Crippen LogP contribution >= 0.6 is 0 Å². The fourth-order valence-corrected chi connectivity index (χ4v) is 2.76. The molecule has 1 rings (SSSR count). The second kappa shape index (κ2) is 6.83. The SMILES string of the molecule is CCCCC(CC)Cc1c(C)cc(C)cc1C. The monoisotopic (exact) mass is 232 g/mol. The van der Waals surface area contributed by atoms with Gasteiger partial charge >= 0.3 is 0 Å². The Morgan fingerprint density at radius 3 is 2.06 bits per heavy atom.